The van der Waals surface area contributed by atoms with Gasteiger partial charge in [0.15, 0.2) is 0 Å². The van der Waals surface area contributed by atoms with Crippen molar-refractivity contribution in [3.63, 3.8) is 0 Å². The molecule has 0 radical (unpaired) electrons. The maximum atomic E-state index is 13.1. The summed E-state index contributed by atoms with van der Waals surface area (Å²) in [5.74, 6) is -0.820. The van der Waals surface area contributed by atoms with Crippen molar-refractivity contribution >= 4 is 11.6 Å². The Balaban J connectivity index is 2.00. The molecule has 0 aliphatic carbocycles. The lowest BCUT2D eigenvalue weighted by Crippen LogP contribution is -2.17. The molecule has 0 heterocycles. The molecule has 1 amide bonds. The summed E-state index contributed by atoms with van der Waals surface area (Å²) >= 11 is 0. The second-order valence-corrected chi connectivity index (χ2v) is 4.95. The Labute approximate surface area is 134 Å². The van der Waals surface area contributed by atoms with Crippen LogP contribution in [0.4, 0.5) is 10.1 Å². The fourth-order valence-corrected chi connectivity index (χ4v) is 1.97. The van der Waals surface area contributed by atoms with Crippen molar-refractivity contribution in [1.82, 2.24) is 5.32 Å². The third-order valence-electron chi connectivity index (χ3n) is 3.20. The molecule has 23 heavy (non-hydrogen) atoms. The number of nitrogens with zero attached hydrogens (tertiary/aromatic N) is 1. The van der Waals surface area contributed by atoms with Crippen LogP contribution < -0.4 is 10.6 Å². The molecule has 2 aromatic carbocycles. The maximum Gasteiger partial charge on any atom is 0.267 e. The first-order valence-electron chi connectivity index (χ1n) is 7.05. The Bertz CT molecular complexity index is 778. The van der Waals surface area contributed by atoms with Crippen LogP contribution in [0.1, 0.15) is 11.1 Å². The van der Waals surface area contributed by atoms with E-state index in [-0.39, 0.29) is 11.4 Å². The largest absolute Gasteiger partial charge is 0.386 e. The summed E-state index contributed by atoms with van der Waals surface area (Å²) < 4.78 is 13.1. The highest BCUT2D eigenvalue weighted by Gasteiger charge is 2.10. The van der Waals surface area contributed by atoms with Crippen molar-refractivity contribution in [2.75, 3.05) is 5.32 Å². The highest BCUT2D eigenvalue weighted by molar-refractivity contribution is 6.06. The van der Waals surface area contributed by atoms with Crippen molar-refractivity contribution < 1.29 is 9.18 Å². The fourth-order valence-electron chi connectivity index (χ4n) is 1.97. The lowest BCUT2D eigenvalue weighted by molar-refractivity contribution is -0.112. The van der Waals surface area contributed by atoms with Crippen LogP contribution in [-0.4, -0.2) is 5.91 Å². The number of nitrogens with one attached hydrogen (secondary N) is 2. The van der Waals surface area contributed by atoms with Crippen molar-refractivity contribution in [2.45, 2.75) is 13.5 Å². The number of nitriles is 1. The highest BCUT2D eigenvalue weighted by Crippen LogP contribution is 2.14. The van der Waals surface area contributed by atoms with Gasteiger partial charge < -0.3 is 10.6 Å². The summed E-state index contributed by atoms with van der Waals surface area (Å²) in [6.45, 7) is 2.19. The lowest BCUT2D eigenvalue weighted by Gasteiger charge is -2.07. The molecule has 0 atom stereocenters. The molecule has 0 bridgehead atoms. The van der Waals surface area contributed by atoms with Crippen LogP contribution in [0.5, 0.6) is 0 Å². The molecule has 0 fully saturated rings. The smallest absolute Gasteiger partial charge is 0.267 e. The third-order valence-corrected chi connectivity index (χ3v) is 3.20. The van der Waals surface area contributed by atoms with E-state index in [1.807, 2.05) is 25.1 Å². The van der Waals surface area contributed by atoms with E-state index >= 15 is 0 Å². The Morgan fingerprint density at radius 3 is 2.74 bits per heavy atom. The van der Waals surface area contributed by atoms with Crippen LogP contribution in [-0.2, 0) is 11.3 Å². The molecule has 0 saturated carbocycles. The number of aryl methyl sites for hydroxylation is 1. The molecular weight excluding hydrogens is 293 g/mol. The summed E-state index contributed by atoms with van der Waals surface area (Å²) in [5, 5.41) is 14.6. The standard InChI is InChI=1S/C18H16FN3O/c1-13-5-2-3-8-17(13)22-18(23)15(10-20)12-21-11-14-6-4-7-16(19)9-14/h2-9,12,21H,11H2,1H3,(H,22,23)/b15-12-. The number of halogens is 1. The van der Waals surface area contributed by atoms with E-state index in [0.717, 1.165) is 11.1 Å². The molecule has 0 saturated heterocycles. The van der Waals surface area contributed by atoms with Gasteiger partial charge in [0.05, 0.1) is 0 Å². The topological polar surface area (TPSA) is 64.9 Å². The van der Waals surface area contributed by atoms with E-state index in [0.29, 0.717) is 12.2 Å². The average Bonchev–Trinajstić information content (AvgIpc) is 2.54. The normalized spacial score (nSPS) is 10.7. The number of amides is 1. The molecule has 0 aromatic heterocycles. The van der Waals surface area contributed by atoms with Crippen molar-refractivity contribution in [3.8, 4) is 6.07 Å². The zero-order valence-electron chi connectivity index (χ0n) is 12.6. The zero-order valence-corrected chi connectivity index (χ0v) is 12.6. The first kappa shape index (κ1) is 16.2. The molecule has 2 N–H and O–H groups in total. The van der Waals surface area contributed by atoms with Gasteiger partial charge in [-0.25, -0.2) is 4.39 Å². The van der Waals surface area contributed by atoms with E-state index < -0.39 is 5.91 Å². The second-order valence-electron chi connectivity index (χ2n) is 4.95. The molecule has 2 rings (SSSR count). The van der Waals surface area contributed by atoms with E-state index in [1.165, 1.54) is 18.3 Å². The number of hydrogen-bond acceptors (Lipinski definition) is 3. The maximum absolute atomic E-state index is 13.1. The van der Waals surface area contributed by atoms with Crippen LogP contribution in [0.3, 0.4) is 0 Å². The van der Waals surface area contributed by atoms with Crippen molar-refractivity contribution in [1.29, 1.82) is 5.26 Å². The molecule has 0 spiro atoms. The molecule has 0 unspecified atom stereocenters. The van der Waals surface area contributed by atoms with Crippen LogP contribution in [0, 0.1) is 24.1 Å². The quantitative estimate of drug-likeness (QED) is 0.658. The van der Waals surface area contributed by atoms with Gasteiger partial charge in [-0.3, -0.25) is 4.79 Å². The number of para-hydroxylation sites is 1. The Hall–Kier alpha value is -3.13. The molecule has 0 aliphatic rings. The van der Waals surface area contributed by atoms with Gasteiger partial charge in [-0.05, 0) is 36.2 Å². The van der Waals surface area contributed by atoms with Gasteiger partial charge in [-0.2, -0.15) is 5.26 Å². The third kappa shape index (κ3) is 4.68. The first-order chi connectivity index (χ1) is 11.1. The molecule has 4 nitrogen and oxygen atoms in total. The van der Waals surface area contributed by atoms with Gasteiger partial charge in [0.2, 0.25) is 0 Å². The Morgan fingerprint density at radius 1 is 1.26 bits per heavy atom. The lowest BCUT2D eigenvalue weighted by atomic mass is 10.2. The van der Waals surface area contributed by atoms with Crippen LogP contribution >= 0.6 is 0 Å². The summed E-state index contributed by atoms with van der Waals surface area (Å²) in [7, 11) is 0. The minimum absolute atomic E-state index is 0.0512. The summed E-state index contributed by atoms with van der Waals surface area (Å²) in [4.78, 5) is 12.1. The predicted octanol–water partition coefficient (Wildman–Crippen LogP) is 3.27. The van der Waals surface area contributed by atoms with Gasteiger partial charge in [-0.15, -0.1) is 0 Å². The average molecular weight is 309 g/mol. The SMILES string of the molecule is Cc1ccccc1NC(=O)/C(C#N)=C\NCc1cccc(F)c1. The van der Waals surface area contributed by atoms with Crippen molar-refractivity contribution in [3.05, 3.63) is 77.2 Å². The van der Waals surface area contributed by atoms with Gasteiger partial charge >= 0.3 is 0 Å². The minimum Gasteiger partial charge on any atom is -0.386 e. The van der Waals surface area contributed by atoms with Gasteiger partial charge in [0, 0.05) is 18.4 Å². The summed E-state index contributed by atoms with van der Waals surface area (Å²) in [5.41, 5.74) is 2.23. The molecule has 2 aromatic rings. The fraction of sp³-hybridized carbons (Fsp3) is 0.111. The van der Waals surface area contributed by atoms with E-state index in [2.05, 4.69) is 10.6 Å². The van der Waals surface area contributed by atoms with E-state index in [4.69, 9.17) is 5.26 Å². The summed E-state index contributed by atoms with van der Waals surface area (Å²) in [6, 6.07) is 15.3. The van der Waals surface area contributed by atoms with E-state index in [9.17, 15) is 9.18 Å². The van der Waals surface area contributed by atoms with Crippen LogP contribution in [0.15, 0.2) is 60.3 Å². The van der Waals surface area contributed by atoms with Gasteiger partial charge in [0.25, 0.3) is 5.91 Å². The number of rotatable bonds is 5. The molecule has 5 heteroatoms. The van der Waals surface area contributed by atoms with Gasteiger partial charge in [0.1, 0.15) is 17.5 Å². The monoisotopic (exact) mass is 309 g/mol. The molecule has 116 valence electrons. The predicted molar refractivity (Wildman–Crippen MR) is 86.7 cm³/mol. The minimum atomic E-state index is -0.492. The van der Waals surface area contributed by atoms with Gasteiger partial charge in [-0.1, -0.05) is 30.3 Å². The zero-order chi connectivity index (χ0) is 16.7. The Morgan fingerprint density at radius 2 is 2.04 bits per heavy atom. The van der Waals surface area contributed by atoms with Crippen LogP contribution in [0.25, 0.3) is 0 Å². The van der Waals surface area contributed by atoms with E-state index in [1.54, 1.807) is 24.3 Å². The number of carbonyl (C=O) groups is 1. The molecular formula is C18H16FN3O. The second kappa shape index (κ2) is 7.76. The summed E-state index contributed by atoms with van der Waals surface area (Å²) in [6.07, 6.45) is 1.33. The number of benzene rings is 2. The van der Waals surface area contributed by atoms with Crippen LogP contribution in [0.2, 0.25) is 0 Å². The first-order valence-corrected chi connectivity index (χ1v) is 7.05. The number of carbonyl (C=O) groups excluding carboxylic acids is 1. The number of hydrogen-bond donors (Lipinski definition) is 2. The number of anilines is 1. The highest BCUT2D eigenvalue weighted by atomic mass is 19.1. The van der Waals surface area contributed by atoms with Crippen molar-refractivity contribution in [2.24, 2.45) is 0 Å². The molecule has 0 aliphatic heterocycles. The Kier molecular flexibility index (Phi) is 5.48.